The van der Waals surface area contributed by atoms with Gasteiger partial charge in [-0.1, -0.05) is 46.3 Å². The van der Waals surface area contributed by atoms with Crippen LogP contribution >= 0.6 is 27.7 Å². The zero-order valence-electron chi connectivity index (χ0n) is 10.6. The molecule has 0 aliphatic carbocycles. The van der Waals surface area contributed by atoms with Crippen LogP contribution in [0, 0.1) is 0 Å². The molecule has 0 atom stereocenters. The lowest BCUT2D eigenvalue weighted by Crippen LogP contribution is -2.19. The Morgan fingerprint density at radius 3 is 2.55 bits per heavy atom. The fourth-order valence-corrected chi connectivity index (χ4v) is 2.40. The maximum Gasteiger partial charge on any atom is 0.250 e. The molecule has 0 aromatic heterocycles. The van der Waals surface area contributed by atoms with Gasteiger partial charge in [-0.2, -0.15) is 5.10 Å². The maximum atomic E-state index is 11.6. The van der Waals surface area contributed by atoms with Crippen molar-refractivity contribution in [3.05, 3.63) is 64.6 Å². The number of hydrogen-bond acceptors (Lipinski definition) is 3. The van der Waals surface area contributed by atoms with E-state index in [0.29, 0.717) is 5.75 Å². The molecule has 1 amide bonds. The molecule has 0 fully saturated rings. The van der Waals surface area contributed by atoms with Crippen LogP contribution in [0.1, 0.15) is 5.56 Å². The molecule has 1 N–H and O–H groups in total. The monoisotopic (exact) mass is 348 g/mol. The first-order chi connectivity index (χ1) is 9.74. The van der Waals surface area contributed by atoms with Crippen LogP contribution in [0.4, 0.5) is 0 Å². The van der Waals surface area contributed by atoms with Gasteiger partial charge in [0.05, 0.1) is 12.0 Å². The fraction of sp³-hybridized carbons (Fsp3) is 0.0667. The minimum Gasteiger partial charge on any atom is -0.272 e. The Morgan fingerprint density at radius 1 is 1.15 bits per heavy atom. The Labute approximate surface area is 130 Å². The van der Waals surface area contributed by atoms with Crippen molar-refractivity contribution in [2.24, 2.45) is 5.10 Å². The fourth-order valence-electron chi connectivity index (χ4n) is 1.43. The molecule has 102 valence electrons. The number of benzene rings is 2. The molecule has 0 heterocycles. The largest absolute Gasteiger partial charge is 0.272 e. The van der Waals surface area contributed by atoms with Gasteiger partial charge >= 0.3 is 0 Å². The molecule has 3 nitrogen and oxygen atoms in total. The minimum atomic E-state index is -0.118. The summed E-state index contributed by atoms with van der Waals surface area (Å²) in [4.78, 5) is 12.7. The Morgan fingerprint density at radius 2 is 1.85 bits per heavy atom. The summed E-state index contributed by atoms with van der Waals surface area (Å²) in [6, 6.07) is 17.5. The predicted molar refractivity (Wildman–Crippen MR) is 87.0 cm³/mol. The van der Waals surface area contributed by atoms with Gasteiger partial charge in [0, 0.05) is 9.37 Å². The van der Waals surface area contributed by atoms with Gasteiger partial charge in [-0.05, 0) is 29.8 Å². The molecular formula is C15H13BrN2OS. The van der Waals surface area contributed by atoms with Crippen LogP contribution in [-0.2, 0) is 4.79 Å². The molecule has 0 unspecified atom stereocenters. The molecule has 20 heavy (non-hydrogen) atoms. The highest BCUT2D eigenvalue weighted by atomic mass is 79.9. The molecule has 2 rings (SSSR count). The van der Waals surface area contributed by atoms with E-state index in [1.807, 2.05) is 54.6 Å². The predicted octanol–water partition coefficient (Wildman–Crippen LogP) is 3.69. The maximum absolute atomic E-state index is 11.6. The Balaban J connectivity index is 1.76. The van der Waals surface area contributed by atoms with E-state index in [1.54, 1.807) is 6.21 Å². The van der Waals surface area contributed by atoms with E-state index in [-0.39, 0.29) is 5.91 Å². The lowest BCUT2D eigenvalue weighted by molar-refractivity contribution is -0.118. The molecule has 0 spiro atoms. The second-order valence-electron chi connectivity index (χ2n) is 3.95. The lowest BCUT2D eigenvalue weighted by atomic mass is 10.2. The molecular weight excluding hydrogens is 336 g/mol. The number of rotatable bonds is 5. The third kappa shape index (κ3) is 5.19. The van der Waals surface area contributed by atoms with Crippen molar-refractivity contribution in [3.63, 3.8) is 0 Å². The van der Waals surface area contributed by atoms with E-state index in [4.69, 9.17) is 0 Å². The molecule has 0 radical (unpaired) electrons. The van der Waals surface area contributed by atoms with Crippen LogP contribution in [-0.4, -0.2) is 17.9 Å². The smallest absolute Gasteiger partial charge is 0.250 e. The van der Waals surface area contributed by atoms with Gasteiger partial charge in [0.15, 0.2) is 0 Å². The lowest BCUT2D eigenvalue weighted by Gasteiger charge is -2.00. The summed E-state index contributed by atoms with van der Waals surface area (Å²) in [6.07, 6.45) is 1.62. The van der Waals surface area contributed by atoms with Crippen LogP contribution in [0.15, 0.2) is 69.1 Å². The summed E-state index contributed by atoms with van der Waals surface area (Å²) < 4.78 is 1.01. The molecule has 2 aromatic rings. The van der Waals surface area contributed by atoms with Gasteiger partial charge in [-0.3, -0.25) is 4.79 Å². The third-order valence-electron chi connectivity index (χ3n) is 2.39. The number of hydrazone groups is 1. The van der Waals surface area contributed by atoms with Crippen molar-refractivity contribution >= 4 is 39.8 Å². The van der Waals surface area contributed by atoms with Gasteiger partial charge in [0.25, 0.3) is 0 Å². The average Bonchev–Trinajstić information content (AvgIpc) is 2.48. The Kier molecular flexibility index (Phi) is 5.83. The summed E-state index contributed by atoms with van der Waals surface area (Å²) >= 11 is 4.85. The molecule has 0 saturated carbocycles. The summed E-state index contributed by atoms with van der Waals surface area (Å²) in [5.41, 5.74) is 3.45. The van der Waals surface area contributed by atoms with E-state index >= 15 is 0 Å². The van der Waals surface area contributed by atoms with Crippen molar-refractivity contribution in [2.45, 2.75) is 4.90 Å². The summed E-state index contributed by atoms with van der Waals surface area (Å²) in [6.45, 7) is 0. The normalized spacial score (nSPS) is 10.7. The van der Waals surface area contributed by atoms with Crippen LogP contribution < -0.4 is 5.43 Å². The average molecular weight is 349 g/mol. The first-order valence-electron chi connectivity index (χ1n) is 5.99. The summed E-state index contributed by atoms with van der Waals surface area (Å²) in [5.74, 6) is 0.231. The molecule has 5 heteroatoms. The molecule has 0 saturated heterocycles. The standard InChI is InChI=1S/C15H13BrN2OS/c16-13-8-6-12(7-9-13)10-17-18-15(19)11-20-14-4-2-1-3-5-14/h1-10H,11H2,(H,18,19)/b17-10-. The number of hydrogen-bond donors (Lipinski definition) is 1. The van der Waals surface area contributed by atoms with Crippen molar-refractivity contribution in [1.29, 1.82) is 0 Å². The van der Waals surface area contributed by atoms with Gasteiger partial charge < -0.3 is 0 Å². The van der Waals surface area contributed by atoms with E-state index in [9.17, 15) is 4.79 Å². The van der Waals surface area contributed by atoms with Gasteiger partial charge in [0.1, 0.15) is 0 Å². The van der Waals surface area contributed by atoms with E-state index in [1.165, 1.54) is 11.8 Å². The highest BCUT2D eigenvalue weighted by Gasteiger charge is 2.00. The molecule has 0 aliphatic rings. The second kappa shape index (κ2) is 7.87. The van der Waals surface area contributed by atoms with Crippen molar-refractivity contribution < 1.29 is 4.79 Å². The number of halogens is 1. The SMILES string of the molecule is O=C(CSc1ccccc1)N/N=C\c1ccc(Br)cc1. The zero-order chi connectivity index (χ0) is 14.2. The third-order valence-corrected chi connectivity index (χ3v) is 3.93. The number of nitrogens with zero attached hydrogens (tertiary/aromatic N) is 1. The second-order valence-corrected chi connectivity index (χ2v) is 5.91. The number of thioether (sulfide) groups is 1. The van der Waals surface area contributed by atoms with Crippen LogP contribution in [0.2, 0.25) is 0 Å². The van der Waals surface area contributed by atoms with E-state index in [2.05, 4.69) is 26.5 Å². The topological polar surface area (TPSA) is 41.5 Å². The van der Waals surface area contributed by atoms with Gasteiger partial charge in [-0.15, -0.1) is 11.8 Å². The number of carbonyl (C=O) groups is 1. The van der Waals surface area contributed by atoms with E-state index in [0.717, 1.165) is 14.9 Å². The van der Waals surface area contributed by atoms with Crippen molar-refractivity contribution in [3.8, 4) is 0 Å². The van der Waals surface area contributed by atoms with Crippen LogP contribution in [0.25, 0.3) is 0 Å². The van der Waals surface area contributed by atoms with Crippen molar-refractivity contribution in [1.82, 2.24) is 5.43 Å². The number of nitrogens with one attached hydrogen (secondary N) is 1. The molecule has 0 aliphatic heterocycles. The highest BCUT2D eigenvalue weighted by molar-refractivity contribution is 9.10. The quantitative estimate of drug-likeness (QED) is 0.508. The Bertz CT molecular complexity index is 585. The van der Waals surface area contributed by atoms with Crippen LogP contribution in [0.5, 0.6) is 0 Å². The first kappa shape index (κ1) is 14.8. The van der Waals surface area contributed by atoms with Crippen molar-refractivity contribution in [2.75, 3.05) is 5.75 Å². The minimum absolute atomic E-state index is 0.118. The number of amides is 1. The van der Waals surface area contributed by atoms with E-state index < -0.39 is 0 Å². The van der Waals surface area contributed by atoms with Gasteiger partial charge in [-0.25, -0.2) is 5.43 Å². The molecule has 0 bridgehead atoms. The molecule has 2 aromatic carbocycles. The van der Waals surface area contributed by atoms with Crippen LogP contribution in [0.3, 0.4) is 0 Å². The summed E-state index contributed by atoms with van der Waals surface area (Å²) in [7, 11) is 0. The zero-order valence-corrected chi connectivity index (χ0v) is 13.0. The summed E-state index contributed by atoms with van der Waals surface area (Å²) in [5, 5.41) is 3.93. The van der Waals surface area contributed by atoms with Gasteiger partial charge in [0.2, 0.25) is 5.91 Å². The highest BCUT2D eigenvalue weighted by Crippen LogP contribution is 2.16. The number of carbonyl (C=O) groups excluding carboxylic acids is 1. The first-order valence-corrected chi connectivity index (χ1v) is 7.77. The Hall–Kier alpha value is -1.59.